The maximum absolute atomic E-state index is 12.9. The van der Waals surface area contributed by atoms with Crippen LogP contribution in [0.15, 0.2) is 22.7 Å². The zero-order chi connectivity index (χ0) is 14.9. The van der Waals surface area contributed by atoms with Crippen molar-refractivity contribution in [1.29, 1.82) is 0 Å². The predicted molar refractivity (Wildman–Crippen MR) is 73.1 cm³/mol. The Labute approximate surface area is 122 Å². The van der Waals surface area contributed by atoms with Gasteiger partial charge in [-0.3, -0.25) is 4.79 Å². The van der Waals surface area contributed by atoms with Crippen LogP contribution in [-0.4, -0.2) is 11.9 Å². The number of hydrogen-bond acceptors (Lipinski definition) is 2. The summed E-state index contributed by atoms with van der Waals surface area (Å²) in [5.74, 6) is -0.162. The van der Waals surface area contributed by atoms with Crippen molar-refractivity contribution in [2.45, 2.75) is 31.5 Å². The van der Waals surface area contributed by atoms with Gasteiger partial charge in [0.25, 0.3) is 0 Å². The van der Waals surface area contributed by atoms with Crippen molar-refractivity contribution in [3.63, 3.8) is 0 Å². The second kappa shape index (κ2) is 5.73. The van der Waals surface area contributed by atoms with Crippen LogP contribution in [0, 0.1) is 5.92 Å². The van der Waals surface area contributed by atoms with Crippen LogP contribution >= 0.6 is 15.9 Å². The average Bonchev–Trinajstić information content (AvgIpc) is 3.13. The number of amides is 1. The predicted octanol–water partition coefficient (Wildman–Crippen LogP) is 3.53. The number of carbonyl (C=O) groups is 1. The topological polar surface area (TPSA) is 55.1 Å². The lowest BCUT2D eigenvalue weighted by Gasteiger charge is -2.15. The first-order valence-corrected chi connectivity index (χ1v) is 6.99. The molecule has 20 heavy (non-hydrogen) atoms. The van der Waals surface area contributed by atoms with Crippen LogP contribution in [0.1, 0.15) is 24.8 Å². The Hall–Kier alpha value is -1.08. The van der Waals surface area contributed by atoms with Gasteiger partial charge in [0.1, 0.15) is 0 Å². The van der Waals surface area contributed by atoms with E-state index in [4.69, 9.17) is 5.73 Å². The van der Waals surface area contributed by atoms with E-state index in [1.54, 1.807) is 0 Å². The highest BCUT2D eigenvalue weighted by molar-refractivity contribution is 9.10. The molecule has 0 saturated heterocycles. The van der Waals surface area contributed by atoms with Gasteiger partial charge in [0.2, 0.25) is 5.91 Å². The van der Waals surface area contributed by atoms with Crippen LogP contribution in [0.4, 0.5) is 18.9 Å². The quantitative estimate of drug-likeness (QED) is 0.872. The molecule has 0 heterocycles. The molecule has 1 aliphatic carbocycles. The van der Waals surface area contributed by atoms with Gasteiger partial charge in [0, 0.05) is 16.9 Å². The smallest absolute Gasteiger partial charge is 0.327 e. The molecule has 1 aliphatic rings. The summed E-state index contributed by atoms with van der Waals surface area (Å²) >= 11 is 2.99. The molecule has 1 amide bonds. The lowest BCUT2D eigenvalue weighted by atomic mass is 10.1. The zero-order valence-electron chi connectivity index (χ0n) is 10.5. The zero-order valence-corrected chi connectivity index (χ0v) is 12.1. The first-order chi connectivity index (χ1) is 9.27. The van der Waals surface area contributed by atoms with E-state index in [1.165, 1.54) is 12.1 Å². The Kier molecular flexibility index (Phi) is 4.39. The molecule has 1 saturated carbocycles. The van der Waals surface area contributed by atoms with Crippen LogP contribution in [0.2, 0.25) is 0 Å². The number of benzene rings is 1. The summed E-state index contributed by atoms with van der Waals surface area (Å²) in [5.41, 5.74) is 4.67. The maximum atomic E-state index is 12.9. The Morgan fingerprint density at radius 1 is 1.45 bits per heavy atom. The number of carbonyl (C=O) groups excluding carboxylic acids is 1. The molecule has 0 radical (unpaired) electrons. The molecular formula is C13H14BrF3N2O. The maximum Gasteiger partial charge on any atom is 0.418 e. The van der Waals surface area contributed by atoms with Crippen LogP contribution < -0.4 is 11.1 Å². The molecule has 0 aromatic heterocycles. The first-order valence-electron chi connectivity index (χ1n) is 6.19. The fourth-order valence-electron chi connectivity index (χ4n) is 1.97. The van der Waals surface area contributed by atoms with Crippen molar-refractivity contribution in [1.82, 2.24) is 0 Å². The van der Waals surface area contributed by atoms with Crippen molar-refractivity contribution < 1.29 is 18.0 Å². The van der Waals surface area contributed by atoms with Crippen LogP contribution in [0.5, 0.6) is 0 Å². The molecule has 1 fully saturated rings. The van der Waals surface area contributed by atoms with Crippen LogP contribution in [0.25, 0.3) is 0 Å². The van der Waals surface area contributed by atoms with E-state index in [1.807, 2.05) is 0 Å². The van der Waals surface area contributed by atoms with Gasteiger partial charge >= 0.3 is 6.18 Å². The Morgan fingerprint density at radius 2 is 2.10 bits per heavy atom. The Balaban J connectivity index is 2.10. The van der Waals surface area contributed by atoms with Gasteiger partial charge < -0.3 is 11.1 Å². The number of alkyl halides is 3. The highest BCUT2D eigenvalue weighted by Crippen LogP contribution is 2.37. The van der Waals surface area contributed by atoms with Crippen molar-refractivity contribution in [2.75, 3.05) is 5.32 Å². The van der Waals surface area contributed by atoms with E-state index in [0.717, 1.165) is 18.9 Å². The number of nitrogens with one attached hydrogen (secondary N) is 1. The molecule has 0 aliphatic heterocycles. The summed E-state index contributed by atoms with van der Waals surface area (Å²) in [4.78, 5) is 11.7. The SMILES string of the molecule is NC(CC(=O)Nc1ccc(Br)cc1C(F)(F)F)C1CC1. The first kappa shape index (κ1) is 15.3. The van der Waals surface area contributed by atoms with Gasteiger partial charge in [-0.25, -0.2) is 0 Å². The van der Waals surface area contributed by atoms with Gasteiger partial charge in [0.05, 0.1) is 11.3 Å². The highest BCUT2D eigenvalue weighted by atomic mass is 79.9. The molecule has 1 unspecified atom stereocenters. The Morgan fingerprint density at radius 3 is 2.65 bits per heavy atom. The number of anilines is 1. The monoisotopic (exact) mass is 350 g/mol. The summed E-state index contributed by atoms with van der Waals surface area (Å²) in [5, 5.41) is 2.30. The van der Waals surface area contributed by atoms with Crippen molar-refractivity contribution >= 4 is 27.5 Å². The van der Waals surface area contributed by atoms with Gasteiger partial charge in [0.15, 0.2) is 0 Å². The standard InChI is InChI=1S/C13H14BrF3N2O/c14-8-3-4-11(9(5-8)13(15,16)17)19-12(20)6-10(18)7-1-2-7/h3-5,7,10H,1-2,6,18H2,(H,19,20). The number of halogens is 4. The lowest BCUT2D eigenvalue weighted by Crippen LogP contribution is -2.29. The van der Waals surface area contributed by atoms with Crippen molar-refractivity contribution in [3.8, 4) is 0 Å². The van der Waals surface area contributed by atoms with E-state index >= 15 is 0 Å². The number of hydrogen-bond donors (Lipinski definition) is 2. The molecule has 1 aromatic rings. The molecule has 1 aromatic carbocycles. The van der Waals surface area contributed by atoms with Gasteiger partial charge in [-0.2, -0.15) is 13.2 Å². The van der Waals surface area contributed by atoms with E-state index in [-0.39, 0.29) is 18.2 Å². The van der Waals surface area contributed by atoms with Gasteiger partial charge in [-0.05, 0) is 37.0 Å². The third-order valence-electron chi connectivity index (χ3n) is 3.21. The van der Waals surface area contributed by atoms with Crippen molar-refractivity contribution in [2.24, 2.45) is 11.7 Å². The fraction of sp³-hybridized carbons (Fsp3) is 0.462. The molecule has 3 nitrogen and oxygen atoms in total. The summed E-state index contributed by atoms with van der Waals surface area (Å²) in [7, 11) is 0. The molecule has 0 spiro atoms. The summed E-state index contributed by atoms with van der Waals surface area (Å²) in [6, 6.07) is 3.34. The fourth-order valence-corrected chi connectivity index (χ4v) is 2.33. The van der Waals surface area contributed by atoms with Gasteiger partial charge in [-0.15, -0.1) is 0 Å². The minimum Gasteiger partial charge on any atom is -0.327 e. The molecule has 3 N–H and O–H groups in total. The van der Waals surface area contributed by atoms with E-state index in [9.17, 15) is 18.0 Å². The third-order valence-corrected chi connectivity index (χ3v) is 3.70. The Bertz CT molecular complexity index is 515. The number of nitrogens with two attached hydrogens (primary N) is 1. The molecule has 110 valence electrons. The molecule has 2 rings (SSSR count). The summed E-state index contributed by atoms with van der Waals surface area (Å²) < 4.78 is 39.0. The summed E-state index contributed by atoms with van der Waals surface area (Å²) in [6.07, 6.45) is -2.51. The average molecular weight is 351 g/mol. The summed E-state index contributed by atoms with van der Waals surface area (Å²) in [6.45, 7) is 0. The highest BCUT2D eigenvalue weighted by Gasteiger charge is 2.35. The normalized spacial score (nSPS) is 16.9. The molecule has 1 atom stereocenters. The van der Waals surface area contributed by atoms with Crippen molar-refractivity contribution in [3.05, 3.63) is 28.2 Å². The number of rotatable bonds is 4. The molecule has 0 bridgehead atoms. The van der Waals surface area contributed by atoms with E-state index in [0.29, 0.717) is 10.4 Å². The van der Waals surface area contributed by atoms with E-state index < -0.39 is 17.6 Å². The van der Waals surface area contributed by atoms with Gasteiger partial charge in [-0.1, -0.05) is 15.9 Å². The molecular weight excluding hydrogens is 337 g/mol. The second-order valence-electron chi connectivity index (χ2n) is 4.94. The minimum atomic E-state index is -4.52. The minimum absolute atomic E-state index is 0.0397. The van der Waals surface area contributed by atoms with Crippen LogP contribution in [0.3, 0.4) is 0 Å². The van der Waals surface area contributed by atoms with Crippen LogP contribution in [-0.2, 0) is 11.0 Å². The van der Waals surface area contributed by atoms with E-state index in [2.05, 4.69) is 21.2 Å². The largest absolute Gasteiger partial charge is 0.418 e. The molecule has 7 heteroatoms. The third kappa shape index (κ3) is 3.96. The second-order valence-corrected chi connectivity index (χ2v) is 5.86. The lowest BCUT2D eigenvalue weighted by molar-refractivity contribution is -0.137.